The molecule has 1 aromatic rings. The molecule has 1 aliphatic rings. The fourth-order valence-corrected chi connectivity index (χ4v) is 3.04. The molecule has 1 aliphatic heterocycles. The highest BCUT2D eigenvalue weighted by atomic mass is 32.2. The van der Waals surface area contributed by atoms with Crippen LogP contribution in [0.3, 0.4) is 0 Å². The van der Waals surface area contributed by atoms with Crippen LogP contribution in [-0.2, 0) is 0 Å². The molecule has 0 radical (unpaired) electrons. The lowest BCUT2D eigenvalue weighted by Crippen LogP contribution is -2.35. The van der Waals surface area contributed by atoms with E-state index in [1.165, 1.54) is 11.3 Å². The van der Waals surface area contributed by atoms with Gasteiger partial charge in [0.2, 0.25) is 0 Å². The van der Waals surface area contributed by atoms with E-state index in [1.54, 1.807) is 7.11 Å². The minimum absolute atomic E-state index is 0.367. The molecule has 1 N–H and O–H groups in total. The van der Waals surface area contributed by atoms with Crippen molar-refractivity contribution in [2.45, 2.75) is 32.4 Å². The number of benzene rings is 1. The third-order valence-electron chi connectivity index (χ3n) is 3.31. The van der Waals surface area contributed by atoms with Crippen LogP contribution in [0.4, 0.5) is 0 Å². The second-order valence-electron chi connectivity index (χ2n) is 4.82. The summed E-state index contributed by atoms with van der Waals surface area (Å²) in [5.41, 5.74) is 1.22. The van der Waals surface area contributed by atoms with Crippen LogP contribution < -0.4 is 14.8 Å². The number of hydrogen-bond acceptors (Lipinski definition) is 4. The largest absolute Gasteiger partial charge is 0.497 e. The van der Waals surface area contributed by atoms with Crippen LogP contribution >= 0.6 is 11.8 Å². The molecule has 106 valence electrons. The fourth-order valence-electron chi connectivity index (χ4n) is 2.36. The highest BCUT2D eigenvalue weighted by molar-refractivity contribution is 7.99. The topological polar surface area (TPSA) is 30.5 Å². The van der Waals surface area contributed by atoms with Gasteiger partial charge >= 0.3 is 0 Å². The molecular weight excluding hydrogens is 258 g/mol. The van der Waals surface area contributed by atoms with Gasteiger partial charge < -0.3 is 14.8 Å². The van der Waals surface area contributed by atoms with Crippen molar-refractivity contribution in [1.29, 1.82) is 0 Å². The van der Waals surface area contributed by atoms with Crippen molar-refractivity contribution in [3.63, 3.8) is 0 Å². The Morgan fingerprint density at radius 1 is 1.53 bits per heavy atom. The first-order valence-electron chi connectivity index (χ1n) is 6.89. The molecule has 0 spiro atoms. The number of fused-ring (bicyclic) bond motifs is 1. The van der Waals surface area contributed by atoms with Crippen LogP contribution in [0.25, 0.3) is 0 Å². The summed E-state index contributed by atoms with van der Waals surface area (Å²) in [5.74, 6) is 4.20. The molecule has 0 aromatic heterocycles. The third-order valence-corrected chi connectivity index (χ3v) is 4.46. The first-order chi connectivity index (χ1) is 9.24. The van der Waals surface area contributed by atoms with Crippen molar-refractivity contribution in [3.8, 4) is 11.5 Å². The summed E-state index contributed by atoms with van der Waals surface area (Å²) < 4.78 is 11.0. The molecule has 2 unspecified atom stereocenters. The van der Waals surface area contributed by atoms with Gasteiger partial charge in [-0.15, -0.1) is 0 Å². The van der Waals surface area contributed by atoms with Crippen LogP contribution in [0.5, 0.6) is 11.5 Å². The molecule has 0 bridgehead atoms. The Hall–Kier alpha value is -0.870. The monoisotopic (exact) mass is 281 g/mol. The standard InChI is InChI=1S/C15H23NO2S/c1-4-19-10-11(2)16-14-7-8-18-15-6-5-12(17-3)9-13(14)15/h5-6,9,11,14,16H,4,7-8,10H2,1-3H3. The summed E-state index contributed by atoms with van der Waals surface area (Å²) in [6, 6.07) is 6.93. The predicted molar refractivity (Wildman–Crippen MR) is 81.4 cm³/mol. The van der Waals surface area contributed by atoms with Crippen molar-refractivity contribution >= 4 is 11.8 Å². The molecule has 0 fully saturated rings. The number of methoxy groups -OCH3 is 1. The normalized spacial score (nSPS) is 19.4. The Balaban J connectivity index is 2.07. The zero-order valence-electron chi connectivity index (χ0n) is 11.9. The van der Waals surface area contributed by atoms with Gasteiger partial charge in [0.05, 0.1) is 13.7 Å². The van der Waals surface area contributed by atoms with E-state index in [0.717, 1.165) is 30.3 Å². The Morgan fingerprint density at radius 2 is 2.37 bits per heavy atom. The molecule has 3 nitrogen and oxygen atoms in total. The smallest absolute Gasteiger partial charge is 0.124 e. The van der Waals surface area contributed by atoms with Crippen LogP contribution in [0.15, 0.2) is 18.2 Å². The van der Waals surface area contributed by atoms with Crippen molar-refractivity contribution in [2.75, 3.05) is 25.2 Å². The Kier molecular flexibility index (Phi) is 5.40. The molecule has 4 heteroatoms. The Labute approximate surface area is 120 Å². The van der Waals surface area contributed by atoms with E-state index in [4.69, 9.17) is 9.47 Å². The van der Waals surface area contributed by atoms with Gasteiger partial charge in [0, 0.05) is 29.8 Å². The van der Waals surface area contributed by atoms with Gasteiger partial charge in [-0.2, -0.15) is 11.8 Å². The van der Waals surface area contributed by atoms with E-state index in [-0.39, 0.29) is 0 Å². The lowest BCUT2D eigenvalue weighted by Gasteiger charge is -2.29. The van der Waals surface area contributed by atoms with Gasteiger partial charge in [-0.1, -0.05) is 6.92 Å². The van der Waals surface area contributed by atoms with Gasteiger partial charge in [-0.3, -0.25) is 0 Å². The number of thioether (sulfide) groups is 1. The van der Waals surface area contributed by atoms with Crippen LogP contribution in [0, 0.1) is 0 Å². The van der Waals surface area contributed by atoms with E-state index in [1.807, 2.05) is 23.9 Å². The predicted octanol–water partition coefficient (Wildman–Crippen LogP) is 3.25. The van der Waals surface area contributed by atoms with Gasteiger partial charge in [0.15, 0.2) is 0 Å². The second kappa shape index (κ2) is 7.06. The van der Waals surface area contributed by atoms with Crippen molar-refractivity contribution in [2.24, 2.45) is 0 Å². The molecule has 0 saturated heterocycles. The second-order valence-corrected chi connectivity index (χ2v) is 6.14. The Bertz CT molecular complexity index is 411. The fraction of sp³-hybridized carbons (Fsp3) is 0.600. The van der Waals surface area contributed by atoms with E-state index >= 15 is 0 Å². The van der Waals surface area contributed by atoms with Crippen LogP contribution in [0.2, 0.25) is 0 Å². The molecule has 1 heterocycles. The maximum absolute atomic E-state index is 5.72. The molecular formula is C15H23NO2S. The SMILES string of the molecule is CCSCC(C)NC1CCOc2ccc(OC)cc21. The maximum atomic E-state index is 5.72. The average Bonchev–Trinajstić information content (AvgIpc) is 2.45. The lowest BCUT2D eigenvalue weighted by atomic mass is 9.99. The first kappa shape index (κ1) is 14.5. The quantitative estimate of drug-likeness (QED) is 0.867. The molecule has 19 heavy (non-hydrogen) atoms. The van der Waals surface area contributed by atoms with E-state index in [0.29, 0.717) is 12.1 Å². The third kappa shape index (κ3) is 3.80. The number of hydrogen-bond donors (Lipinski definition) is 1. The summed E-state index contributed by atoms with van der Waals surface area (Å²) in [6.45, 7) is 5.23. The van der Waals surface area contributed by atoms with E-state index in [2.05, 4.69) is 25.2 Å². The van der Waals surface area contributed by atoms with Gasteiger partial charge in [-0.25, -0.2) is 0 Å². The summed E-state index contributed by atoms with van der Waals surface area (Å²) in [7, 11) is 1.70. The summed E-state index contributed by atoms with van der Waals surface area (Å²) in [5, 5.41) is 3.70. The summed E-state index contributed by atoms with van der Waals surface area (Å²) in [4.78, 5) is 0. The molecule has 2 atom stereocenters. The van der Waals surface area contributed by atoms with Crippen molar-refractivity contribution in [3.05, 3.63) is 23.8 Å². The van der Waals surface area contributed by atoms with Gasteiger partial charge in [0.1, 0.15) is 11.5 Å². The minimum atomic E-state index is 0.367. The number of ether oxygens (including phenoxy) is 2. The number of rotatable bonds is 6. The maximum Gasteiger partial charge on any atom is 0.124 e. The van der Waals surface area contributed by atoms with Crippen LogP contribution in [-0.4, -0.2) is 31.3 Å². The molecule has 0 aliphatic carbocycles. The average molecular weight is 281 g/mol. The Morgan fingerprint density at radius 3 is 3.11 bits per heavy atom. The highest BCUT2D eigenvalue weighted by Crippen LogP contribution is 2.35. The van der Waals surface area contributed by atoms with Crippen molar-refractivity contribution in [1.82, 2.24) is 5.32 Å². The zero-order valence-corrected chi connectivity index (χ0v) is 12.8. The highest BCUT2D eigenvalue weighted by Gasteiger charge is 2.23. The molecule has 1 aromatic carbocycles. The lowest BCUT2D eigenvalue weighted by molar-refractivity contribution is 0.247. The summed E-state index contributed by atoms with van der Waals surface area (Å²) >= 11 is 1.98. The van der Waals surface area contributed by atoms with E-state index in [9.17, 15) is 0 Å². The van der Waals surface area contributed by atoms with Crippen molar-refractivity contribution < 1.29 is 9.47 Å². The summed E-state index contributed by atoms with van der Waals surface area (Å²) in [6.07, 6.45) is 1.02. The number of nitrogens with one attached hydrogen (secondary N) is 1. The zero-order chi connectivity index (χ0) is 13.7. The van der Waals surface area contributed by atoms with E-state index < -0.39 is 0 Å². The van der Waals surface area contributed by atoms with Gasteiger partial charge in [0.25, 0.3) is 0 Å². The molecule has 0 amide bonds. The minimum Gasteiger partial charge on any atom is -0.497 e. The molecule has 2 rings (SSSR count). The van der Waals surface area contributed by atoms with Crippen LogP contribution in [0.1, 0.15) is 31.9 Å². The first-order valence-corrected chi connectivity index (χ1v) is 8.04. The van der Waals surface area contributed by atoms with Gasteiger partial charge in [-0.05, 0) is 30.9 Å². The molecule has 0 saturated carbocycles.